The Morgan fingerprint density at radius 1 is 0.841 bits per heavy atom. The lowest BCUT2D eigenvalue weighted by Crippen LogP contribution is -2.20. The highest BCUT2D eigenvalue weighted by molar-refractivity contribution is 6.35. The maximum Gasteiger partial charge on any atom is 0.272 e. The zero-order valence-corrected chi connectivity index (χ0v) is 26.3. The average Bonchev–Trinajstić information content (AvgIpc) is 3.03. The van der Waals surface area contributed by atoms with Gasteiger partial charge in [-0.15, -0.1) is 0 Å². The van der Waals surface area contributed by atoms with Gasteiger partial charge >= 0.3 is 0 Å². The van der Waals surface area contributed by atoms with Gasteiger partial charge < -0.3 is 5.32 Å². The minimum absolute atomic E-state index is 0.0214. The molecule has 4 aromatic carbocycles. The van der Waals surface area contributed by atoms with Gasteiger partial charge in [-0.05, 0) is 71.8 Å². The monoisotopic (exact) mass is 602 g/mol. The van der Waals surface area contributed by atoms with Crippen molar-refractivity contribution in [3.8, 4) is 11.3 Å². The zero-order chi connectivity index (χ0) is 31.4. The Labute approximate surface area is 263 Å². The van der Waals surface area contributed by atoms with Gasteiger partial charge in [0.2, 0.25) is 0 Å². The number of halogens is 1. The van der Waals surface area contributed by atoms with Gasteiger partial charge in [0.05, 0.1) is 27.5 Å². The summed E-state index contributed by atoms with van der Waals surface area (Å²) < 4.78 is 0. The number of benzene rings is 4. The molecule has 0 aliphatic rings. The number of fused-ring (bicyclic) bond motifs is 1. The summed E-state index contributed by atoms with van der Waals surface area (Å²) in [6.45, 7) is 10.3. The summed E-state index contributed by atoms with van der Waals surface area (Å²) in [5, 5.41) is 8.42. The van der Waals surface area contributed by atoms with Crippen LogP contribution in [0.3, 0.4) is 0 Å². The third kappa shape index (κ3) is 6.87. The Balaban J connectivity index is 1.31. The molecule has 2 amide bonds. The summed E-state index contributed by atoms with van der Waals surface area (Å²) in [5.41, 5.74) is 10.3. The SMILES string of the molecule is CCc1ccc(-c2cc(C(=O)N/N=C(/C)c3ccc(NC(=O)c4ccc(C(C)(C)C)cc4)cc3)c3cccc(Cl)c3n2)cc1. The second-order valence-corrected chi connectivity index (χ2v) is 12.1. The minimum Gasteiger partial charge on any atom is -0.322 e. The van der Waals surface area contributed by atoms with Crippen LogP contribution in [-0.2, 0) is 11.8 Å². The van der Waals surface area contributed by atoms with E-state index >= 15 is 0 Å². The Morgan fingerprint density at radius 3 is 2.14 bits per heavy atom. The highest BCUT2D eigenvalue weighted by atomic mass is 35.5. The van der Waals surface area contributed by atoms with Gasteiger partial charge in [-0.25, -0.2) is 10.4 Å². The van der Waals surface area contributed by atoms with Gasteiger partial charge in [0.15, 0.2) is 0 Å². The van der Waals surface area contributed by atoms with Crippen molar-refractivity contribution in [1.82, 2.24) is 10.4 Å². The lowest BCUT2D eigenvalue weighted by molar-refractivity contribution is 0.0955. The fourth-order valence-electron chi connectivity index (χ4n) is 4.84. The molecule has 6 nitrogen and oxygen atoms in total. The Morgan fingerprint density at radius 2 is 1.50 bits per heavy atom. The summed E-state index contributed by atoms with van der Waals surface area (Å²) in [6.07, 6.45) is 0.936. The molecule has 0 fully saturated rings. The van der Waals surface area contributed by atoms with Gasteiger partial charge in [0.25, 0.3) is 11.8 Å². The molecule has 0 unspecified atom stereocenters. The van der Waals surface area contributed by atoms with Crippen LogP contribution in [0.1, 0.15) is 72.0 Å². The number of anilines is 1. The lowest BCUT2D eigenvalue weighted by atomic mass is 9.87. The van der Waals surface area contributed by atoms with Gasteiger partial charge in [-0.1, -0.05) is 100.0 Å². The molecule has 0 saturated carbocycles. The molecule has 0 bridgehead atoms. The number of hydrogen-bond acceptors (Lipinski definition) is 4. The Bertz CT molecular complexity index is 1850. The molecule has 0 aliphatic heterocycles. The van der Waals surface area contributed by atoms with Crippen LogP contribution in [0.25, 0.3) is 22.2 Å². The van der Waals surface area contributed by atoms with Gasteiger partial charge in [-0.2, -0.15) is 5.10 Å². The van der Waals surface area contributed by atoms with Crippen molar-refractivity contribution in [3.63, 3.8) is 0 Å². The van der Waals surface area contributed by atoms with E-state index in [2.05, 4.69) is 55.7 Å². The van der Waals surface area contributed by atoms with E-state index in [-0.39, 0.29) is 17.2 Å². The first-order valence-electron chi connectivity index (χ1n) is 14.6. The maximum absolute atomic E-state index is 13.4. The summed E-state index contributed by atoms with van der Waals surface area (Å²) in [4.78, 5) is 31.0. The number of carbonyl (C=O) groups excluding carboxylic acids is 2. The normalized spacial score (nSPS) is 11.8. The van der Waals surface area contributed by atoms with Crippen molar-refractivity contribution in [3.05, 3.63) is 130 Å². The number of pyridine rings is 1. The number of amides is 2. The smallest absolute Gasteiger partial charge is 0.272 e. The minimum atomic E-state index is -0.369. The molecule has 1 heterocycles. The van der Waals surface area contributed by atoms with Crippen LogP contribution in [0, 0.1) is 0 Å². The van der Waals surface area contributed by atoms with Crippen LogP contribution in [0.4, 0.5) is 5.69 Å². The molecule has 44 heavy (non-hydrogen) atoms. The third-order valence-electron chi connectivity index (χ3n) is 7.59. The van der Waals surface area contributed by atoms with Gasteiger partial charge in [-0.3, -0.25) is 9.59 Å². The molecule has 1 aromatic heterocycles. The highest BCUT2D eigenvalue weighted by Gasteiger charge is 2.17. The number of nitrogens with zero attached hydrogens (tertiary/aromatic N) is 2. The number of hydrazone groups is 1. The lowest BCUT2D eigenvalue weighted by Gasteiger charge is -2.19. The molecule has 0 spiro atoms. The zero-order valence-electron chi connectivity index (χ0n) is 25.5. The molecular weight excluding hydrogens is 568 g/mol. The summed E-state index contributed by atoms with van der Waals surface area (Å²) in [7, 11) is 0. The van der Waals surface area contributed by atoms with E-state index in [0.29, 0.717) is 44.1 Å². The van der Waals surface area contributed by atoms with Crippen LogP contribution in [-0.4, -0.2) is 22.5 Å². The number of carbonyl (C=O) groups is 2. The predicted molar refractivity (Wildman–Crippen MR) is 181 cm³/mol. The maximum atomic E-state index is 13.4. The van der Waals surface area contributed by atoms with Crippen molar-refractivity contribution in [2.75, 3.05) is 5.32 Å². The number of aryl methyl sites for hydroxylation is 1. The topological polar surface area (TPSA) is 83.5 Å². The number of para-hydroxylation sites is 1. The number of nitrogens with one attached hydrogen (secondary N) is 2. The van der Waals surface area contributed by atoms with Crippen LogP contribution in [0.5, 0.6) is 0 Å². The van der Waals surface area contributed by atoms with Crippen LogP contribution in [0.2, 0.25) is 5.02 Å². The molecule has 7 heteroatoms. The second-order valence-electron chi connectivity index (χ2n) is 11.7. The Kier molecular flexibility index (Phi) is 8.93. The molecule has 5 aromatic rings. The molecule has 0 radical (unpaired) electrons. The molecule has 0 saturated heterocycles. The van der Waals surface area contributed by atoms with Crippen molar-refractivity contribution >= 4 is 45.7 Å². The largest absolute Gasteiger partial charge is 0.322 e. The molecule has 222 valence electrons. The van der Waals surface area contributed by atoms with Crippen molar-refractivity contribution < 1.29 is 9.59 Å². The van der Waals surface area contributed by atoms with E-state index in [1.54, 1.807) is 18.2 Å². The standard InChI is InChI=1S/C37H35ClN4O2/c1-6-24-10-12-26(13-11-24)33-22-31(30-8-7-9-32(38)34(30)40-33)36(44)42-41-23(2)25-16-20-29(21-17-25)39-35(43)27-14-18-28(19-15-27)37(3,4)5/h7-22H,6H2,1-5H3,(H,39,43)(H,42,44)/b41-23-. The van der Waals surface area contributed by atoms with E-state index in [1.165, 1.54) is 11.1 Å². The van der Waals surface area contributed by atoms with E-state index in [0.717, 1.165) is 17.5 Å². The Hall–Kier alpha value is -4.81. The molecule has 2 N–H and O–H groups in total. The van der Waals surface area contributed by atoms with E-state index in [9.17, 15) is 9.59 Å². The number of aromatic nitrogens is 1. The fraction of sp³-hybridized carbons (Fsp3) is 0.189. The van der Waals surface area contributed by atoms with Gasteiger partial charge in [0, 0.05) is 22.2 Å². The molecule has 0 atom stereocenters. The number of hydrogen-bond donors (Lipinski definition) is 2. The first-order valence-corrected chi connectivity index (χ1v) is 15.0. The van der Waals surface area contributed by atoms with Gasteiger partial charge in [0.1, 0.15) is 0 Å². The summed E-state index contributed by atoms with van der Waals surface area (Å²) in [5.74, 6) is -0.548. The summed E-state index contributed by atoms with van der Waals surface area (Å²) in [6, 6.07) is 30.3. The van der Waals surface area contributed by atoms with Crippen molar-refractivity contribution in [2.24, 2.45) is 5.10 Å². The van der Waals surface area contributed by atoms with Crippen LogP contribution in [0.15, 0.2) is 102 Å². The number of rotatable bonds is 7. The van der Waals surface area contributed by atoms with E-state index in [4.69, 9.17) is 16.6 Å². The fourth-order valence-corrected chi connectivity index (χ4v) is 5.06. The summed E-state index contributed by atoms with van der Waals surface area (Å²) >= 11 is 6.50. The van der Waals surface area contributed by atoms with E-state index in [1.807, 2.05) is 73.7 Å². The van der Waals surface area contributed by atoms with Crippen molar-refractivity contribution in [2.45, 2.75) is 46.5 Å². The predicted octanol–water partition coefficient (Wildman–Crippen LogP) is 8.82. The van der Waals surface area contributed by atoms with Crippen molar-refractivity contribution in [1.29, 1.82) is 0 Å². The molecular formula is C37H35ClN4O2. The quantitative estimate of drug-likeness (QED) is 0.144. The van der Waals surface area contributed by atoms with E-state index < -0.39 is 0 Å². The second kappa shape index (κ2) is 12.8. The molecule has 5 rings (SSSR count). The van der Waals surface area contributed by atoms with Crippen LogP contribution >= 0.6 is 11.6 Å². The van der Waals surface area contributed by atoms with Crippen LogP contribution < -0.4 is 10.7 Å². The first kappa shape index (κ1) is 30.6. The molecule has 0 aliphatic carbocycles. The average molecular weight is 603 g/mol. The third-order valence-corrected chi connectivity index (χ3v) is 7.90. The first-order chi connectivity index (χ1) is 21.0. The highest BCUT2D eigenvalue weighted by Crippen LogP contribution is 2.29.